The van der Waals surface area contributed by atoms with Crippen molar-refractivity contribution in [1.29, 1.82) is 0 Å². The van der Waals surface area contributed by atoms with Crippen molar-refractivity contribution >= 4 is 11.1 Å². The predicted molar refractivity (Wildman–Crippen MR) is 105 cm³/mol. The maximum atomic E-state index is 13.3. The van der Waals surface area contributed by atoms with Crippen LogP contribution in [0.15, 0.2) is 69.9 Å². The van der Waals surface area contributed by atoms with Gasteiger partial charge in [-0.1, -0.05) is 48.5 Å². The normalized spacial score (nSPS) is 13.6. The number of hydrogen-bond donors (Lipinski definition) is 0. The first-order valence-corrected chi connectivity index (χ1v) is 9.47. The quantitative estimate of drug-likeness (QED) is 0.545. The highest BCUT2D eigenvalue weighted by atomic mass is 16.3. The number of nitrogens with zero attached hydrogens (tertiary/aromatic N) is 2. The molecule has 0 atom stereocenters. The molecule has 4 aromatic rings. The third-order valence-corrected chi connectivity index (χ3v) is 5.27. The van der Waals surface area contributed by atoms with Crippen LogP contribution in [0.1, 0.15) is 35.6 Å². The van der Waals surface area contributed by atoms with E-state index in [-0.39, 0.29) is 5.56 Å². The van der Waals surface area contributed by atoms with Crippen LogP contribution in [-0.2, 0) is 19.3 Å². The van der Waals surface area contributed by atoms with E-state index in [1.54, 1.807) is 0 Å². The Kier molecular flexibility index (Phi) is 3.89. The molecule has 2 aromatic heterocycles. The van der Waals surface area contributed by atoms with Crippen molar-refractivity contribution < 1.29 is 4.42 Å². The zero-order valence-corrected chi connectivity index (χ0v) is 15.0. The van der Waals surface area contributed by atoms with E-state index in [1.807, 2.05) is 65.2 Å². The summed E-state index contributed by atoms with van der Waals surface area (Å²) in [4.78, 5) is 17.9. The van der Waals surface area contributed by atoms with Crippen molar-refractivity contribution in [2.75, 3.05) is 0 Å². The van der Waals surface area contributed by atoms with Crippen LogP contribution >= 0.6 is 0 Å². The Morgan fingerprint density at radius 2 is 1.63 bits per heavy atom. The number of aryl methyl sites for hydroxylation is 1. The maximum Gasteiger partial charge on any atom is 0.285 e. The molecule has 2 aromatic carbocycles. The second-order valence-corrected chi connectivity index (χ2v) is 7.06. The molecule has 0 spiro atoms. The van der Waals surface area contributed by atoms with Crippen LogP contribution in [0.3, 0.4) is 0 Å². The lowest BCUT2D eigenvalue weighted by atomic mass is 9.94. The Bertz CT molecular complexity index is 1160. The van der Waals surface area contributed by atoms with Crippen LogP contribution in [0.2, 0.25) is 0 Å². The molecular weight excluding hydrogens is 336 g/mol. The number of oxazole rings is 1. The fourth-order valence-electron chi connectivity index (χ4n) is 4.02. The van der Waals surface area contributed by atoms with Gasteiger partial charge in [-0.25, -0.2) is 4.98 Å². The minimum atomic E-state index is -0.0834. The second kappa shape index (κ2) is 6.54. The molecule has 134 valence electrons. The predicted octanol–water partition coefficient (Wildman–Crippen LogP) is 4.45. The Hall–Kier alpha value is -3.14. The molecule has 0 unspecified atom stereocenters. The summed E-state index contributed by atoms with van der Waals surface area (Å²) < 4.78 is 7.96. The summed E-state index contributed by atoms with van der Waals surface area (Å²) >= 11 is 0. The second-order valence-electron chi connectivity index (χ2n) is 7.06. The van der Waals surface area contributed by atoms with E-state index in [2.05, 4.69) is 4.98 Å². The van der Waals surface area contributed by atoms with Gasteiger partial charge in [0.15, 0.2) is 17.0 Å². The third-order valence-electron chi connectivity index (χ3n) is 5.27. The van der Waals surface area contributed by atoms with E-state index in [0.29, 0.717) is 23.4 Å². The molecule has 4 heteroatoms. The molecule has 1 aliphatic carbocycles. The number of aromatic nitrogens is 2. The molecule has 4 nitrogen and oxygen atoms in total. The Balaban J connectivity index is 1.73. The Morgan fingerprint density at radius 3 is 2.41 bits per heavy atom. The molecule has 2 heterocycles. The summed E-state index contributed by atoms with van der Waals surface area (Å²) in [5.41, 5.74) is 5.30. The highest BCUT2D eigenvalue weighted by molar-refractivity contribution is 5.77. The van der Waals surface area contributed by atoms with E-state index in [9.17, 15) is 4.79 Å². The number of para-hydroxylation sites is 1. The summed E-state index contributed by atoms with van der Waals surface area (Å²) in [6.45, 7) is 0. The van der Waals surface area contributed by atoms with Gasteiger partial charge < -0.3 is 4.42 Å². The van der Waals surface area contributed by atoms with Crippen LogP contribution in [0.25, 0.3) is 16.8 Å². The summed E-state index contributed by atoms with van der Waals surface area (Å²) in [7, 11) is 0. The van der Waals surface area contributed by atoms with Crippen LogP contribution in [0.4, 0.5) is 0 Å². The number of fused-ring (bicyclic) bond motifs is 3. The van der Waals surface area contributed by atoms with Gasteiger partial charge in [0.1, 0.15) is 0 Å². The Morgan fingerprint density at radius 1 is 0.926 bits per heavy atom. The summed E-state index contributed by atoms with van der Waals surface area (Å²) in [5.74, 6) is 0.604. The molecule has 0 N–H and O–H groups in total. The molecule has 0 bridgehead atoms. The summed E-state index contributed by atoms with van der Waals surface area (Å²) in [6, 6.07) is 19.9. The molecule has 0 aliphatic heterocycles. The maximum absolute atomic E-state index is 13.3. The van der Waals surface area contributed by atoms with E-state index in [1.165, 1.54) is 0 Å². The molecule has 0 saturated heterocycles. The van der Waals surface area contributed by atoms with Gasteiger partial charge in [-0.15, -0.1) is 0 Å². The number of pyridine rings is 1. The van der Waals surface area contributed by atoms with Crippen LogP contribution in [0.5, 0.6) is 0 Å². The average molecular weight is 356 g/mol. The number of hydrogen-bond acceptors (Lipinski definition) is 3. The first-order valence-electron chi connectivity index (χ1n) is 9.47. The van der Waals surface area contributed by atoms with E-state index >= 15 is 0 Å². The molecule has 5 rings (SSSR count). The van der Waals surface area contributed by atoms with Crippen molar-refractivity contribution in [3.05, 3.63) is 93.7 Å². The van der Waals surface area contributed by atoms with Crippen molar-refractivity contribution in [2.45, 2.75) is 32.1 Å². The monoisotopic (exact) mass is 356 g/mol. The van der Waals surface area contributed by atoms with Gasteiger partial charge in [-0.3, -0.25) is 9.36 Å². The first kappa shape index (κ1) is 16.1. The SMILES string of the molecule is O=c1c2nc(Cc3ccccc3)oc2c2c(n1-c1ccccc1)CCCC2. The molecule has 27 heavy (non-hydrogen) atoms. The van der Waals surface area contributed by atoms with Crippen molar-refractivity contribution in [2.24, 2.45) is 0 Å². The van der Waals surface area contributed by atoms with Crippen LogP contribution < -0.4 is 5.56 Å². The van der Waals surface area contributed by atoms with Gasteiger partial charge in [0.2, 0.25) is 0 Å². The van der Waals surface area contributed by atoms with Gasteiger partial charge >= 0.3 is 0 Å². The summed E-state index contributed by atoms with van der Waals surface area (Å²) in [5, 5.41) is 0. The highest BCUT2D eigenvalue weighted by Crippen LogP contribution is 2.29. The van der Waals surface area contributed by atoms with Crippen LogP contribution in [-0.4, -0.2) is 9.55 Å². The molecule has 1 aliphatic rings. The van der Waals surface area contributed by atoms with Crippen molar-refractivity contribution in [1.82, 2.24) is 9.55 Å². The Labute approximate surface area is 157 Å². The molecule has 0 fully saturated rings. The lowest BCUT2D eigenvalue weighted by Crippen LogP contribution is -2.26. The molecular formula is C23H20N2O2. The fourth-order valence-corrected chi connectivity index (χ4v) is 4.02. The standard InChI is InChI=1S/C23H20N2O2/c26-23-21-22(27-20(24-21)15-16-9-3-1-4-10-16)18-13-7-8-14-19(18)25(23)17-11-5-2-6-12-17/h1-6,9-12H,7-8,13-15H2. The minimum absolute atomic E-state index is 0.0834. The first-order chi connectivity index (χ1) is 13.3. The summed E-state index contributed by atoms with van der Waals surface area (Å²) in [6.07, 6.45) is 4.62. The fraction of sp³-hybridized carbons (Fsp3) is 0.217. The topological polar surface area (TPSA) is 48.0 Å². The van der Waals surface area contributed by atoms with Crippen molar-refractivity contribution in [3.8, 4) is 5.69 Å². The lowest BCUT2D eigenvalue weighted by Gasteiger charge is -2.20. The van der Waals surface area contributed by atoms with Gasteiger partial charge in [0.25, 0.3) is 5.56 Å². The largest absolute Gasteiger partial charge is 0.440 e. The number of benzene rings is 2. The van der Waals surface area contributed by atoms with E-state index < -0.39 is 0 Å². The highest BCUT2D eigenvalue weighted by Gasteiger charge is 2.24. The molecule has 0 amide bonds. The zero-order valence-electron chi connectivity index (χ0n) is 15.0. The lowest BCUT2D eigenvalue weighted by molar-refractivity contribution is 0.534. The van der Waals surface area contributed by atoms with Gasteiger partial charge in [-0.05, 0) is 43.4 Å². The number of rotatable bonds is 3. The van der Waals surface area contributed by atoms with Gasteiger partial charge in [0.05, 0.1) is 0 Å². The van der Waals surface area contributed by atoms with Crippen molar-refractivity contribution in [3.63, 3.8) is 0 Å². The van der Waals surface area contributed by atoms with E-state index in [0.717, 1.165) is 48.2 Å². The zero-order chi connectivity index (χ0) is 18.2. The van der Waals surface area contributed by atoms with Gasteiger partial charge in [0, 0.05) is 23.4 Å². The average Bonchev–Trinajstić information content (AvgIpc) is 3.14. The third kappa shape index (κ3) is 2.78. The van der Waals surface area contributed by atoms with Crippen LogP contribution in [0, 0.1) is 0 Å². The molecule has 0 radical (unpaired) electrons. The molecule has 0 saturated carbocycles. The van der Waals surface area contributed by atoms with Gasteiger partial charge in [-0.2, -0.15) is 0 Å². The van der Waals surface area contributed by atoms with E-state index in [4.69, 9.17) is 4.42 Å². The minimum Gasteiger partial charge on any atom is -0.440 e. The smallest absolute Gasteiger partial charge is 0.285 e.